The van der Waals surface area contributed by atoms with Gasteiger partial charge in [-0.2, -0.15) is 0 Å². The van der Waals surface area contributed by atoms with Crippen molar-refractivity contribution in [2.45, 2.75) is 20.3 Å². The van der Waals surface area contributed by atoms with Gasteiger partial charge in [-0.3, -0.25) is 4.79 Å². The van der Waals surface area contributed by atoms with Crippen LogP contribution in [-0.4, -0.2) is 6.29 Å². The minimum atomic E-state index is 0.645. The molecule has 12 heavy (non-hydrogen) atoms. The van der Waals surface area contributed by atoms with Crippen molar-refractivity contribution in [1.29, 1.82) is 0 Å². The van der Waals surface area contributed by atoms with E-state index in [2.05, 4.69) is 19.9 Å². The summed E-state index contributed by atoms with van der Waals surface area (Å²) in [5, 5.41) is 0. The molecule has 0 aliphatic rings. The van der Waals surface area contributed by atoms with E-state index in [0.29, 0.717) is 5.92 Å². The molecule has 0 aliphatic heterocycles. The smallest absolute Gasteiger partial charge is 0.150 e. The summed E-state index contributed by atoms with van der Waals surface area (Å²) in [6, 6.07) is 7.78. The third kappa shape index (κ3) is 2.50. The van der Waals surface area contributed by atoms with Crippen molar-refractivity contribution in [3.05, 3.63) is 35.4 Å². The lowest BCUT2D eigenvalue weighted by molar-refractivity contribution is 0.112. The van der Waals surface area contributed by atoms with Crippen LogP contribution < -0.4 is 0 Å². The van der Waals surface area contributed by atoms with Gasteiger partial charge in [0.1, 0.15) is 6.29 Å². The van der Waals surface area contributed by atoms with Crippen LogP contribution >= 0.6 is 0 Å². The summed E-state index contributed by atoms with van der Waals surface area (Å²) in [7, 11) is 0. The van der Waals surface area contributed by atoms with Crippen LogP contribution in [0.2, 0.25) is 0 Å². The predicted molar refractivity (Wildman–Crippen MR) is 50.4 cm³/mol. The topological polar surface area (TPSA) is 17.1 Å². The molecule has 0 N–H and O–H groups in total. The fourth-order valence-corrected chi connectivity index (χ4v) is 1.26. The fourth-order valence-electron chi connectivity index (χ4n) is 1.26. The van der Waals surface area contributed by atoms with Gasteiger partial charge in [-0.15, -0.1) is 0 Å². The molecule has 0 saturated carbocycles. The molecule has 1 aromatic rings. The van der Waals surface area contributed by atoms with E-state index >= 15 is 0 Å². The van der Waals surface area contributed by atoms with Crippen LogP contribution in [0.1, 0.15) is 29.8 Å². The Morgan fingerprint density at radius 1 is 1.42 bits per heavy atom. The molecular weight excluding hydrogens is 148 g/mol. The normalized spacial score (nSPS) is 10.2. The van der Waals surface area contributed by atoms with E-state index in [1.807, 2.05) is 18.2 Å². The Bertz CT molecular complexity index is 263. The molecule has 0 fully saturated rings. The minimum absolute atomic E-state index is 0.645. The molecule has 1 rings (SSSR count). The predicted octanol–water partition coefficient (Wildman–Crippen LogP) is 2.70. The van der Waals surface area contributed by atoms with Crippen LogP contribution in [0.25, 0.3) is 0 Å². The molecule has 1 heteroatoms. The van der Waals surface area contributed by atoms with Crippen molar-refractivity contribution in [1.82, 2.24) is 0 Å². The molecule has 0 bridgehead atoms. The van der Waals surface area contributed by atoms with E-state index in [9.17, 15) is 4.79 Å². The van der Waals surface area contributed by atoms with E-state index in [-0.39, 0.29) is 0 Å². The Hall–Kier alpha value is -1.11. The molecular formula is C11H14O. The minimum Gasteiger partial charge on any atom is -0.298 e. The van der Waals surface area contributed by atoms with Gasteiger partial charge in [-0.25, -0.2) is 0 Å². The molecule has 0 aromatic heterocycles. The zero-order valence-electron chi connectivity index (χ0n) is 7.58. The monoisotopic (exact) mass is 162 g/mol. The maximum atomic E-state index is 10.4. The third-order valence-corrected chi connectivity index (χ3v) is 1.73. The van der Waals surface area contributed by atoms with Gasteiger partial charge in [-0.05, 0) is 24.0 Å². The van der Waals surface area contributed by atoms with Crippen LogP contribution in [0.5, 0.6) is 0 Å². The average molecular weight is 162 g/mol. The molecule has 0 radical (unpaired) electrons. The Balaban J connectivity index is 2.79. The van der Waals surface area contributed by atoms with Crippen LogP contribution in [-0.2, 0) is 6.42 Å². The van der Waals surface area contributed by atoms with Gasteiger partial charge < -0.3 is 0 Å². The highest BCUT2D eigenvalue weighted by molar-refractivity contribution is 5.74. The summed E-state index contributed by atoms with van der Waals surface area (Å²) in [5.41, 5.74) is 2.02. The van der Waals surface area contributed by atoms with Crippen molar-refractivity contribution < 1.29 is 4.79 Å². The van der Waals surface area contributed by atoms with Crippen LogP contribution in [0.4, 0.5) is 0 Å². The van der Waals surface area contributed by atoms with Gasteiger partial charge >= 0.3 is 0 Å². The average Bonchev–Trinajstić information content (AvgIpc) is 2.03. The summed E-state index contributed by atoms with van der Waals surface area (Å²) in [4.78, 5) is 10.4. The lowest BCUT2D eigenvalue weighted by Gasteiger charge is -2.04. The first-order chi connectivity index (χ1) is 5.72. The number of hydrogen-bond acceptors (Lipinski definition) is 1. The molecule has 0 saturated heterocycles. The zero-order chi connectivity index (χ0) is 8.97. The molecule has 1 nitrogen and oxygen atoms in total. The van der Waals surface area contributed by atoms with E-state index in [0.717, 1.165) is 18.3 Å². The van der Waals surface area contributed by atoms with Crippen LogP contribution in [0.15, 0.2) is 24.3 Å². The summed E-state index contributed by atoms with van der Waals surface area (Å²) in [5.74, 6) is 0.645. The van der Waals surface area contributed by atoms with Crippen molar-refractivity contribution in [2.75, 3.05) is 0 Å². The van der Waals surface area contributed by atoms with Crippen molar-refractivity contribution >= 4 is 6.29 Å². The number of carbonyl (C=O) groups excluding carboxylic acids is 1. The van der Waals surface area contributed by atoms with Gasteiger partial charge in [-0.1, -0.05) is 32.0 Å². The molecule has 0 unspecified atom stereocenters. The van der Waals surface area contributed by atoms with Crippen molar-refractivity contribution in [3.8, 4) is 0 Å². The maximum Gasteiger partial charge on any atom is 0.150 e. The summed E-state index contributed by atoms with van der Waals surface area (Å²) in [6.07, 6.45) is 1.94. The van der Waals surface area contributed by atoms with E-state index in [1.54, 1.807) is 0 Å². The first-order valence-electron chi connectivity index (χ1n) is 4.26. The molecule has 0 amide bonds. The zero-order valence-corrected chi connectivity index (χ0v) is 7.58. The van der Waals surface area contributed by atoms with Crippen LogP contribution in [0.3, 0.4) is 0 Å². The lowest BCUT2D eigenvalue weighted by Crippen LogP contribution is -1.94. The van der Waals surface area contributed by atoms with E-state index < -0.39 is 0 Å². The maximum absolute atomic E-state index is 10.4. The Labute approximate surface area is 73.4 Å². The fraction of sp³-hybridized carbons (Fsp3) is 0.364. The van der Waals surface area contributed by atoms with Gasteiger partial charge in [0, 0.05) is 5.56 Å². The number of rotatable bonds is 3. The Morgan fingerprint density at radius 2 is 2.17 bits per heavy atom. The SMILES string of the molecule is CC(C)Cc1cccc(C=O)c1. The summed E-state index contributed by atoms with van der Waals surface area (Å²) < 4.78 is 0. The largest absolute Gasteiger partial charge is 0.298 e. The van der Waals surface area contributed by atoms with Gasteiger partial charge in [0.15, 0.2) is 0 Å². The van der Waals surface area contributed by atoms with E-state index in [4.69, 9.17) is 0 Å². The quantitative estimate of drug-likeness (QED) is 0.624. The molecule has 0 heterocycles. The molecule has 0 atom stereocenters. The molecule has 1 aromatic carbocycles. The second-order valence-electron chi connectivity index (χ2n) is 3.46. The van der Waals surface area contributed by atoms with Gasteiger partial charge in [0.2, 0.25) is 0 Å². The first kappa shape index (κ1) is 8.98. The summed E-state index contributed by atoms with van der Waals surface area (Å²) in [6.45, 7) is 4.35. The van der Waals surface area contributed by atoms with Gasteiger partial charge in [0.05, 0.1) is 0 Å². The lowest BCUT2D eigenvalue weighted by atomic mass is 10.0. The van der Waals surface area contributed by atoms with Crippen molar-refractivity contribution in [2.24, 2.45) is 5.92 Å². The molecule has 64 valence electrons. The number of benzene rings is 1. The highest BCUT2D eigenvalue weighted by atomic mass is 16.1. The van der Waals surface area contributed by atoms with Gasteiger partial charge in [0.25, 0.3) is 0 Å². The molecule has 0 spiro atoms. The highest BCUT2D eigenvalue weighted by Crippen LogP contribution is 2.08. The first-order valence-corrected chi connectivity index (χ1v) is 4.26. The Morgan fingerprint density at radius 3 is 2.75 bits per heavy atom. The highest BCUT2D eigenvalue weighted by Gasteiger charge is 1.97. The standard InChI is InChI=1S/C11H14O/c1-9(2)6-10-4-3-5-11(7-10)8-12/h3-5,7-9H,6H2,1-2H3. The molecule has 0 aliphatic carbocycles. The third-order valence-electron chi connectivity index (χ3n) is 1.73. The van der Waals surface area contributed by atoms with Crippen LogP contribution in [0, 0.1) is 5.92 Å². The number of aldehydes is 1. The van der Waals surface area contributed by atoms with E-state index in [1.165, 1.54) is 5.56 Å². The summed E-state index contributed by atoms with van der Waals surface area (Å²) >= 11 is 0. The van der Waals surface area contributed by atoms with Crippen molar-refractivity contribution in [3.63, 3.8) is 0 Å². The Kier molecular flexibility index (Phi) is 3.03. The number of carbonyl (C=O) groups is 1. The second kappa shape index (κ2) is 4.05. The second-order valence-corrected chi connectivity index (χ2v) is 3.46. The number of hydrogen-bond donors (Lipinski definition) is 0.